The SMILES string of the molecule is O=C(O)c1ccc(OCCNS(=O)(=O)c2ccc(Cl)s2)cc1. The molecule has 0 aliphatic carbocycles. The van der Waals surface area contributed by atoms with Gasteiger partial charge in [0.2, 0.25) is 10.0 Å². The summed E-state index contributed by atoms with van der Waals surface area (Å²) in [4.78, 5) is 10.7. The van der Waals surface area contributed by atoms with Crippen molar-refractivity contribution in [2.45, 2.75) is 4.21 Å². The van der Waals surface area contributed by atoms with Crippen LogP contribution in [0, 0.1) is 0 Å². The molecule has 0 spiro atoms. The summed E-state index contributed by atoms with van der Waals surface area (Å²) in [6.45, 7) is 0.198. The maximum Gasteiger partial charge on any atom is 0.335 e. The summed E-state index contributed by atoms with van der Waals surface area (Å²) < 4.78 is 32.1. The maximum absolute atomic E-state index is 11.9. The van der Waals surface area contributed by atoms with Gasteiger partial charge < -0.3 is 9.84 Å². The third kappa shape index (κ3) is 4.44. The highest BCUT2D eigenvalue weighted by molar-refractivity contribution is 7.91. The Morgan fingerprint density at radius 3 is 2.45 bits per heavy atom. The highest BCUT2D eigenvalue weighted by Crippen LogP contribution is 2.25. The fraction of sp³-hybridized carbons (Fsp3) is 0.154. The van der Waals surface area contributed by atoms with Crippen molar-refractivity contribution in [1.29, 1.82) is 0 Å². The molecule has 0 bridgehead atoms. The first kappa shape index (κ1) is 16.8. The van der Waals surface area contributed by atoms with Gasteiger partial charge in [0.1, 0.15) is 16.6 Å². The summed E-state index contributed by atoms with van der Waals surface area (Å²) >= 11 is 6.67. The second-order valence-corrected chi connectivity index (χ2v) is 7.84. The number of sulfonamides is 1. The van der Waals surface area contributed by atoms with Crippen LogP contribution in [0.4, 0.5) is 0 Å². The van der Waals surface area contributed by atoms with Gasteiger partial charge >= 0.3 is 5.97 Å². The molecular weight excluding hydrogens is 350 g/mol. The van der Waals surface area contributed by atoms with Crippen molar-refractivity contribution in [1.82, 2.24) is 4.72 Å². The van der Waals surface area contributed by atoms with Gasteiger partial charge in [-0.1, -0.05) is 11.6 Å². The lowest BCUT2D eigenvalue weighted by atomic mass is 10.2. The van der Waals surface area contributed by atoms with Gasteiger partial charge in [-0.2, -0.15) is 0 Å². The molecule has 6 nitrogen and oxygen atoms in total. The van der Waals surface area contributed by atoms with Crippen LogP contribution in [0.1, 0.15) is 10.4 Å². The van der Waals surface area contributed by atoms with Gasteiger partial charge in [0.05, 0.1) is 9.90 Å². The Labute approximate surface area is 136 Å². The number of rotatable bonds is 7. The van der Waals surface area contributed by atoms with Gasteiger partial charge in [-0.3, -0.25) is 0 Å². The van der Waals surface area contributed by atoms with Gasteiger partial charge in [0.25, 0.3) is 0 Å². The van der Waals surface area contributed by atoms with E-state index in [2.05, 4.69) is 4.72 Å². The average molecular weight is 362 g/mol. The number of carboxylic acid groups (broad SMARTS) is 1. The summed E-state index contributed by atoms with van der Waals surface area (Å²) in [6, 6.07) is 8.79. The Morgan fingerprint density at radius 1 is 1.23 bits per heavy atom. The van der Waals surface area contributed by atoms with Gasteiger partial charge in [0, 0.05) is 6.54 Å². The first-order chi connectivity index (χ1) is 10.4. The fourth-order valence-corrected chi connectivity index (χ4v) is 4.09. The van der Waals surface area contributed by atoms with Crippen LogP contribution in [0.2, 0.25) is 4.34 Å². The van der Waals surface area contributed by atoms with E-state index in [9.17, 15) is 13.2 Å². The zero-order chi connectivity index (χ0) is 16.2. The van der Waals surface area contributed by atoms with Crippen molar-refractivity contribution < 1.29 is 23.1 Å². The van der Waals surface area contributed by atoms with Crippen molar-refractivity contribution in [3.63, 3.8) is 0 Å². The minimum Gasteiger partial charge on any atom is -0.492 e. The van der Waals surface area contributed by atoms with Crippen molar-refractivity contribution in [2.24, 2.45) is 0 Å². The van der Waals surface area contributed by atoms with E-state index in [-0.39, 0.29) is 22.9 Å². The molecule has 0 aliphatic rings. The molecule has 0 amide bonds. The average Bonchev–Trinajstić information content (AvgIpc) is 2.92. The normalized spacial score (nSPS) is 11.3. The molecule has 118 valence electrons. The molecule has 0 radical (unpaired) electrons. The van der Waals surface area contributed by atoms with Crippen LogP contribution < -0.4 is 9.46 Å². The highest BCUT2D eigenvalue weighted by Gasteiger charge is 2.15. The van der Waals surface area contributed by atoms with Crippen LogP contribution in [0.15, 0.2) is 40.6 Å². The molecule has 1 aromatic carbocycles. The summed E-state index contributed by atoms with van der Waals surface area (Å²) in [7, 11) is -3.59. The number of thiophene rings is 1. The monoisotopic (exact) mass is 361 g/mol. The molecule has 22 heavy (non-hydrogen) atoms. The first-order valence-corrected chi connectivity index (χ1v) is 8.77. The zero-order valence-corrected chi connectivity index (χ0v) is 13.5. The number of benzene rings is 1. The molecule has 2 rings (SSSR count). The largest absolute Gasteiger partial charge is 0.492 e. The van der Waals surface area contributed by atoms with E-state index in [4.69, 9.17) is 21.4 Å². The number of nitrogens with one attached hydrogen (secondary N) is 1. The van der Waals surface area contributed by atoms with Crippen LogP contribution in [0.5, 0.6) is 5.75 Å². The Bertz CT molecular complexity index is 755. The summed E-state index contributed by atoms with van der Waals surface area (Å²) in [5.74, 6) is -0.558. The molecular formula is C13H12ClNO5S2. The Kier molecular flexibility index (Phi) is 5.41. The van der Waals surface area contributed by atoms with E-state index in [0.717, 1.165) is 11.3 Å². The zero-order valence-electron chi connectivity index (χ0n) is 11.2. The quantitative estimate of drug-likeness (QED) is 0.739. The van der Waals surface area contributed by atoms with Crippen LogP contribution in [-0.4, -0.2) is 32.6 Å². The summed E-state index contributed by atoms with van der Waals surface area (Å²) in [5.41, 5.74) is 0.155. The van der Waals surface area contributed by atoms with Gasteiger partial charge in [-0.05, 0) is 36.4 Å². The number of carboxylic acids is 1. The molecule has 2 aromatic rings. The molecule has 0 saturated carbocycles. The lowest BCUT2D eigenvalue weighted by Crippen LogP contribution is -2.27. The lowest BCUT2D eigenvalue weighted by Gasteiger charge is -2.07. The molecule has 2 N–H and O–H groups in total. The van der Waals surface area contributed by atoms with Crippen molar-refractivity contribution in [2.75, 3.05) is 13.2 Å². The van der Waals surface area contributed by atoms with E-state index in [1.54, 1.807) is 0 Å². The number of hydrogen-bond acceptors (Lipinski definition) is 5. The predicted octanol–water partition coefficient (Wildman–Crippen LogP) is 2.46. The van der Waals surface area contributed by atoms with Crippen LogP contribution >= 0.6 is 22.9 Å². The number of halogens is 1. The molecule has 0 atom stereocenters. The number of hydrogen-bond donors (Lipinski definition) is 2. The van der Waals surface area contributed by atoms with Crippen molar-refractivity contribution in [3.05, 3.63) is 46.3 Å². The maximum atomic E-state index is 11.9. The third-order valence-electron chi connectivity index (χ3n) is 2.58. The Morgan fingerprint density at radius 2 is 1.91 bits per heavy atom. The van der Waals surface area contributed by atoms with E-state index in [1.807, 2.05) is 0 Å². The van der Waals surface area contributed by atoms with E-state index in [1.165, 1.54) is 36.4 Å². The second kappa shape index (κ2) is 7.10. The fourth-order valence-electron chi connectivity index (χ4n) is 1.55. The lowest BCUT2D eigenvalue weighted by molar-refractivity contribution is 0.0697. The van der Waals surface area contributed by atoms with Crippen LogP contribution in [0.25, 0.3) is 0 Å². The van der Waals surface area contributed by atoms with E-state index >= 15 is 0 Å². The molecule has 0 saturated heterocycles. The minimum absolute atomic E-state index is 0.0819. The molecule has 0 unspecified atom stereocenters. The first-order valence-electron chi connectivity index (χ1n) is 6.09. The molecule has 1 aromatic heterocycles. The number of aromatic carboxylic acids is 1. The predicted molar refractivity (Wildman–Crippen MR) is 83.4 cm³/mol. The smallest absolute Gasteiger partial charge is 0.335 e. The van der Waals surface area contributed by atoms with Gasteiger partial charge in [-0.25, -0.2) is 17.9 Å². The topological polar surface area (TPSA) is 92.7 Å². The highest BCUT2D eigenvalue weighted by atomic mass is 35.5. The van der Waals surface area contributed by atoms with E-state index < -0.39 is 16.0 Å². The molecule has 0 aliphatic heterocycles. The Balaban J connectivity index is 1.83. The number of carbonyl (C=O) groups is 1. The van der Waals surface area contributed by atoms with Gasteiger partial charge in [0.15, 0.2) is 0 Å². The van der Waals surface area contributed by atoms with Gasteiger partial charge in [-0.15, -0.1) is 11.3 Å². The Hall–Kier alpha value is -1.61. The van der Waals surface area contributed by atoms with E-state index in [0.29, 0.717) is 10.1 Å². The summed E-state index contributed by atoms with van der Waals surface area (Å²) in [5, 5.41) is 8.76. The molecule has 1 heterocycles. The third-order valence-corrected chi connectivity index (χ3v) is 5.76. The van der Waals surface area contributed by atoms with Crippen molar-refractivity contribution in [3.8, 4) is 5.75 Å². The minimum atomic E-state index is -3.59. The molecule has 0 fully saturated rings. The number of ether oxygens (including phenoxy) is 1. The summed E-state index contributed by atoms with van der Waals surface area (Å²) in [6.07, 6.45) is 0. The van der Waals surface area contributed by atoms with Crippen LogP contribution in [0.3, 0.4) is 0 Å². The second-order valence-electron chi connectivity index (χ2n) is 4.13. The standard InChI is InChI=1S/C13H12ClNO5S2/c14-11-5-6-12(21-11)22(18,19)15-7-8-20-10-3-1-9(2-4-10)13(16)17/h1-6,15H,7-8H2,(H,16,17). The molecule has 9 heteroatoms. The van der Waals surface area contributed by atoms with Crippen LogP contribution in [-0.2, 0) is 10.0 Å². The van der Waals surface area contributed by atoms with Crippen molar-refractivity contribution >= 4 is 38.9 Å².